The van der Waals surface area contributed by atoms with Gasteiger partial charge in [-0.1, -0.05) is 18.2 Å². The lowest BCUT2D eigenvalue weighted by atomic mass is 9.78. The molecule has 1 aliphatic heterocycles. The van der Waals surface area contributed by atoms with Gasteiger partial charge in [0, 0.05) is 12.0 Å². The standard InChI is InChI=1S/C16H23NO2/c1-15(2)10-16(11-18,17-9-12-7-8-12)13-5-3-4-6-14(13)19-15/h3-6,12,17-18H,7-11H2,1-2H3. The first-order valence-corrected chi connectivity index (χ1v) is 7.19. The minimum atomic E-state index is -0.360. The Bertz CT molecular complexity index is 468. The van der Waals surface area contributed by atoms with Gasteiger partial charge in [-0.3, -0.25) is 0 Å². The van der Waals surface area contributed by atoms with Gasteiger partial charge in [-0.2, -0.15) is 0 Å². The summed E-state index contributed by atoms with van der Waals surface area (Å²) in [5, 5.41) is 13.7. The average molecular weight is 261 g/mol. The maximum atomic E-state index is 10.0. The molecular weight excluding hydrogens is 238 g/mol. The zero-order chi connectivity index (χ0) is 13.5. The number of para-hydroxylation sites is 1. The van der Waals surface area contributed by atoms with Crippen LogP contribution in [0.25, 0.3) is 0 Å². The molecule has 3 nitrogen and oxygen atoms in total. The summed E-state index contributed by atoms with van der Waals surface area (Å²) < 4.78 is 6.05. The second-order valence-corrected chi connectivity index (χ2v) is 6.60. The Labute approximate surface area is 115 Å². The van der Waals surface area contributed by atoms with E-state index >= 15 is 0 Å². The Morgan fingerprint density at radius 3 is 2.74 bits per heavy atom. The molecule has 1 unspecified atom stereocenters. The molecule has 0 spiro atoms. The maximum Gasteiger partial charge on any atom is 0.125 e. The maximum absolute atomic E-state index is 10.0. The quantitative estimate of drug-likeness (QED) is 0.874. The van der Waals surface area contributed by atoms with Crippen LogP contribution in [0.2, 0.25) is 0 Å². The van der Waals surface area contributed by atoms with Gasteiger partial charge in [-0.05, 0) is 45.2 Å². The number of aliphatic hydroxyl groups is 1. The van der Waals surface area contributed by atoms with Gasteiger partial charge in [0.05, 0.1) is 12.1 Å². The van der Waals surface area contributed by atoms with E-state index in [1.165, 1.54) is 12.8 Å². The summed E-state index contributed by atoms with van der Waals surface area (Å²) in [5.74, 6) is 1.69. The smallest absolute Gasteiger partial charge is 0.125 e. The minimum Gasteiger partial charge on any atom is -0.487 e. The highest BCUT2D eigenvalue weighted by Crippen LogP contribution is 2.43. The number of ether oxygens (including phenoxy) is 1. The molecule has 0 aromatic heterocycles. The van der Waals surface area contributed by atoms with Gasteiger partial charge in [0.25, 0.3) is 0 Å². The van der Waals surface area contributed by atoms with Crippen LogP contribution in [-0.2, 0) is 5.54 Å². The lowest BCUT2D eigenvalue weighted by Gasteiger charge is -2.46. The third-order valence-electron chi connectivity index (χ3n) is 4.21. The molecule has 1 atom stereocenters. The van der Waals surface area contributed by atoms with Gasteiger partial charge in [0.1, 0.15) is 11.4 Å². The van der Waals surface area contributed by atoms with Crippen molar-refractivity contribution >= 4 is 0 Å². The molecule has 104 valence electrons. The zero-order valence-corrected chi connectivity index (χ0v) is 11.8. The number of benzene rings is 1. The lowest BCUT2D eigenvalue weighted by molar-refractivity contribution is 0.00849. The first kappa shape index (κ1) is 12.9. The van der Waals surface area contributed by atoms with Gasteiger partial charge in [-0.15, -0.1) is 0 Å². The van der Waals surface area contributed by atoms with E-state index < -0.39 is 0 Å². The topological polar surface area (TPSA) is 41.5 Å². The summed E-state index contributed by atoms with van der Waals surface area (Å²) >= 11 is 0. The summed E-state index contributed by atoms with van der Waals surface area (Å²) in [5.41, 5.74) is 0.478. The predicted octanol–water partition coefficient (Wildman–Crippen LogP) is 2.43. The average Bonchev–Trinajstić information content (AvgIpc) is 3.18. The molecule has 0 bridgehead atoms. The van der Waals surface area contributed by atoms with Gasteiger partial charge in [0.2, 0.25) is 0 Å². The number of aliphatic hydroxyl groups excluding tert-OH is 1. The monoisotopic (exact) mass is 261 g/mol. The fraction of sp³-hybridized carbons (Fsp3) is 0.625. The van der Waals surface area contributed by atoms with E-state index in [1.807, 2.05) is 18.2 Å². The van der Waals surface area contributed by atoms with E-state index in [-0.39, 0.29) is 17.7 Å². The molecule has 0 saturated heterocycles. The molecule has 1 aromatic rings. The summed E-state index contributed by atoms with van der Waals surface area (Å²) in [6.07, 6.45) is 3.42. The molecule has 1 aromatic carbocycles. The number of hydrogen-bond donors (Lipinski definition) is 2. The Balaban J connectivity index is 1.95. The van der Waals surface area contributed by atoms with Crippen molar-refractivity contribution in [1.29, 1.82) is 0 Å². The third-order valence-corrected chi connectivity index (χ3v) is 4.21. The fourth-order valence-electron chi connectivity index (χ4n) is 3.12. The van der Waals surface area contributed by atoms with Crippen molar-refractivity contribution in [3.63, 3.8) is 0 Å². The molecule has 1 fully saturated rings. The molecule has 3 rings (SSSR count). The van der Waals surface area contributed by atoms with Gasteiger partial charge in [-0.25, -0.2) is 0 Å². The van der Waals surface area contributed by atoms with Crippen LogP contribution >= 0.6 is 0 Å². The summed E-state index contributed by atoms with van der Waals surface area (Å²) in [6.45, 7) is 5.28. The Morgan fingerprint density at radius 1 is 1.32 bits per heavy atom. The highest BCUT2D eigenvalue weighted by Gasteiger charge is 2.45. The van der Waals surface area contributed by atoms with E-state index in [1.54, 1.807) is 0 Å². The van der Waals surface area contributed by atoms with Crippen LogP contribution in [0.4, 0.5) is 0 Å². The SMILES string of the molecule is CC1(C)CC(CO)(NCC2CC2)c2ccccc2O1. The first-order valence-electron chi connectivity index (χ1n) is 7.19. The Morgan fingerprint density at radius 2 is 2.05 bits per heavy atom. The summed E-state index contributed by atoms with van der Waals surface area (Å²) in [7, 11) is 0. The third kappa shape index (κ3) is 2.49. The molecule has 0 amide bonds. The second kappa shape index (κ2) is 4.50. The molecule has 1 aliphatic carbocycles. The van der Waals surface area contributed by atoms with Crippen molar-refractivity contribution in [2.75, 3.05) is 13.2 Å². The lowest BCUT2D eigenvalue weighted by Crippen LogP contribution is -2.55. The van der Waals surface area contributed by atoms with Crippen LogP contribution in [0.1, 0.15) is 38.7 Å². The first-order chi connectivity index (χ1) is 9.05. The minimum absolute atomic E-state index is 0.115. The van der Waals surface area contributed by atoms with E-state index in [9.17, 15) is 5.11 Å². The van der Waals surface area contributed by atoms with Crippen molar-refractivity contribution in [1.82, 2.24) is 5.32 Å². The van der Waals surface area contributed by atoms with Crippen molar-refractivity contribution in [2.24, 2.45) is 5.92 Å². The van der Waals surface area contributed by atoms with Crippen LogP contribution in [0.3, 0.4) is 0 Å². The second-order valence-electron chi connectivity index (χ2n) is 6.60. The number of hydrogen-bond acceptors (Lipinski definition) is 3. The van der Waals surface area contributed by atoms with Crippen molar-refractivity contribution < 1.29 is 9.84 Å². The highest BCUT2D eigenvalue weighted by atomic mass is 16.5. The van der Waals surface area contributed by atoms with Gasteiger partial charge in [0.15, 0.2) is 0 Å². The fourth-order valence-corrected chi connectivity index (χ4v) is 3.12. The van der Waals surface area contributed by atoms with Crippen LogP contribution in [0.5, 0.6) is 5.75 Å². The molecule has 1 saturated carbocycles. The van der Waals surface area contributed by atoms with Crippen LogP contribution in [-0.4, -0.2) is 23.9 Å². The number of fused-ring (bicyclic) bond motifs is 1. The molecule has 19 heavy (non-hydrogen) atoms. The zero-order valence-electron chi connectivity index (χ0n) is 11.8. The van der Waals surface area contributed by atoms with Crippen molar-refractivity contribution in [3.05, 3.63) is 29.8 Å². The normalized spacial score (nSPS) is 28.6. The van der Waals surface area contributed by atoms with E-state index in [2.05, 4.69) is 25.2 Å². The largest absolute Gasteiger partial charge is 0.487 e. The summed E-state index contributed by atoms with van der Waals surface area (Å²) in [6, 6.07) is 8.08. The van der Waals surface area contributed by atoms with E-state index in [0.717, 1.165) is 30.2 Å². The van der Waals surface area contributed by atoms with E-state index in [4.69, 9.17) is 4.74 Å². The molecule has 2 N–H and O–H groups in total. The van der Waals surface area contributed by atoms with Crippen LogP contribution in [0, 0.1) is 5.92 Å². The number of rotatable bonds is 4. The Hall–Kier alpha value is -1.06. The number of nitrogens with one attached hydrogen (secondary N) is 1. The van der Waals surface area contributed by atoms with Crippen molar-refractivity contribution in [3.8, 4) is 5.75 Å². The van der Waals surface area contributed by atoms with Crippen molar-refractivity contribution in [2.45, 2.75) is 44.2 Å². The van der Waals surface area contributed by atoms with Crippen LogP contribution < -0.4 is 10.1 Å². The van der Waals surface area contributed by atoms with Gasteiger partial charge >= 0.3 is 0 Å². The highest BCUT2D eigenvalue weighted by molar-refractivity contribution is 5.42. The van der Waals surface area contributed by atoms with Crippen LogP contribution in [0.15, 0.2) is 24.3 Å². The molecule has 3 heteroatoms. The summed E-state index contributed by atoms with van der Waals surface area (Å²) in [4.78, 5) is 0. The van der Waals surface area contributed by atoms with E-state index in [0.29, 0.717) is 0 Å². The van der Waals surface area contributed by atoms with Gasteiger partial charge < -0.3 is 15.2 Å². The molecule has 2 aliphatic rings. The molecule has 1 heterocycles. The Kier molecular flexibility index (Phi) is 3.06. The predicted molar refractivity (Wildman–Crippen MR) is 75.3 cm³/mol. The molecular formula is C16H23NO2. The molecule has 0 radical (unpaired) electrons.